The van der Waals surface area contributed by atoms with Gasteiger partial charge >= 0.3 is 0 Å². The van der Waals surface area contributed by atoms with Gasteiger partial charge in [0.2, 0.25) is 5.91 Å². The van der Waals surface area contributed by atoms with Crippen molar-refractivity contribution in [3.8, 4) is 21.9 Å². The van der Waals surface area contributed by atoms with E-state index in [4.69, 9.17) is 4.52 Å². The summed E-state index contributed by atoms with van der Waals surface area (Å²) in [5.41, 5.74) is 1.51. The van der Waals surface area contributed by atoms with Crippen molar-refractivity contribution in [1.82, 2.24) is 19.8 Å². The highest BCUT2D eigenvalue weighted by molar-refractivity contribution is 7.13. The van der Waals surface area contributed by atoms with E-state index in [0.717, 1.165) is 4.88 Å². The second kappa shape index (κ2) is 6.40. The van der Waals surface area contributed by atoms with Gasteiger partial charge in [-0.15, -0.1) is 11.3 Å². The van der Waals surface area contributed by atoms with Crippen LogP contribution in [0.3, 0.4) is 0 Å². The van der Waals surface area contributed by atoms with Gasteiger partial charge in [-0.25, -0.2) is 4.68 Å². The number of aromatic nitrogens is 3. The number of likely N-dealkylation sites (N-methyl/N-ethyl adjacent to an activating group) is 1. The molecule has 3 aromatic heterocycles. The lowest BCUT2D eigenvalue weighted by Gasteiger charge is -2.12. The molecule has 3 heterocycles. The summed E-state index contributed by atoms with van der Waals surface area (Å²) < 4.78 is 6.47. The number of hydrogen-bond donors (Lipinski definition) is 0. The number of aryl methyl sites for hydroxylation is 1. The Balaban J connectivity index is 2.15. The number of amides is 1. The van der Waals surface area contributed by atoms with Crippen LogP contribution in [0.4, 0.5) is 0 Å². The van der Waals surface area contributed by atoms with Crippen molar-refractivity contribution in [3.05, 3.63) is 45.7 Å². The molecule has 0 atom stereocenters. The molecule has 0 bridgehead atoms. The third-order valence-electron chi connectivity index (χ3n) is 3.43. The minimum Gasteiger partial charge on any atom is -0.356 e. The molecular formula is C16H16N4O3S. The number of thiophene rings is 1. The molecule has 8 heteroatoms. The zero-order chi connectivity index (χ0) is 17.3. The number of carbonyl (C=O) groups excluding carboxylic acids is 1. The first kappa shape index (κ1) is 16.1. The molecule has 0 radical (unpaired) electrons. The van der Waals surface area contributed by atoms with Crippen LogP contribution in [-0.2, 0) is 11.3 Å². The highest BCUT2D eigenvalue weighted by Gasteiger charge is 2.18. The second-order valence-electron chi connectivity index (χ2n) is 5.50. The van der Waals surface area contributed by atoms with Gasteiger partial charge < -0.3 is 9.42 Å². The average Bonchev–Trinajstić information content (AvgIpc) is 3.20. The van der Waals surface area contributed by atoms with Crippen molar-refractivity contribution in [1.29, 1.82) is 0 Å². The maximum absolute atomic E-state index is 12.4. The molecule has 0 N–H and O–H groups in total. The first-order chi connectivity index (χ1) is 11.5. The molecular weight excluding hydrogens is 328 g/mol. The zero-order valence-corrected chi connectivity index (χ0v) is 14.3. The molecule has 0 aliphatic rings. The standard InChI is InChI=1S/C16H16N4O3S/c1-10-7-12(23-18-10)11-8-14(21)20(9-15(22)19(2)3)17-16(11)13-5-4-6-24-13/h4-8H,9H2,1-3H3. The SMILES string of the molecule is Cc1cc(-c2cc(=O)n(CC(=O)N(C)C)nc2-c2cccs2)on1. The van der Waals surface area contributed by atoms with Crippen LogP contribution in [0, 0.1) is 6.92 Å². The largest absolute Gasteiger partial charge is 0.356 e. The lowest BCUT2D eigenvalue weighted by Crippen LogP contribution is -2.33. The predicted molar refractivity (Wildman–Crippen MR) is 90.7 cm³/mol. The lowest BCUT2D eigenvalue weighted by molar-refractivity contribution is -0.129. The van der Waals surface area contributed by atoms with E-state index in [2.05, 4.69) is 10.3 Å². The van der Waals surface area contributed by atoms with Gasteiger partial charge in [0, 0.05) is 26.2 Å². The molecule has 0 spiro atoms. The second-order valence-corrected chi connectivity index (χ2v) is 6.45. The van der Waals surface area contributed by atoms with E-state index in [0.29, 0.717) is 22.7 Å². The summed E-state index contributed by atoms with van der Waals surface area (Å²) in [6.07, 6.45) is 0. The molecule has 0 saturated carbocycles. The summed E-state index contributed by atoms with van der Waals surface area (Å²) in [5, 5.41) is 10.2. The van der Waals surface area contributed by atoms with E-state index >= 15 is 0 Å². The van der Waals surface area contributed by atoms with Crippen LogP contribution < -0.4 is 5.56 Å². The topological polar surface area (TPSA) is 81.2 Å². The quantitative estimate of drug-likeness (QED) is 0.723. The summed E-state index contributed by atoms with van der Waals surface area (Å²) in [6, 6.07) is 6.99. The number of rotatable bonds is 4. The Labute approximate surface area is 142 Å². The van der Waals surface area contributed by atoms with E-state index in [1.54, 1.807) is 20.2 Å². The monoisotopic (exact) mass is 344 g/mol. The van der Waals surface area contributed by atoms with E-state index in [9.17, 15) is 9.59 Å². The smallest absolute Gasteiger partial charge is 0.268 e. The van der Waals surface area contributed by atoms with Gasteiger partial charge in [-0.2, -0.15) is 5.10 Å². The lowest BCUT2D eigenvalue weighted by atomic mass is 10.1. The van der Waals surface area contributed by atoms with Crippen LogP contribution >= 0.6 is 11.3 Å². The van der Waals surface area contributed by atoms with E-state index < -0.39 is 0 Å². The number of hydrogen-bond acceptors (Lipinski definition) is 6. The number of carbonyl (C=O) groups is 1. The van der Waals surface area contributed by atoms with E-state index in [1.165, 1.54) is 27.0 Å². The highest BCUT2D eigenvalue weighted by Crippen LogP contribution is 2.32. The van der Waals surface area contributed by atoms with Crippen molar-refractivity contribution in [2.45, 2.75) is 13.5 Å². The average molecular weight is 344 g/mol. The fraction of sp³-hybridized carbons (Fsp3) is 0.250. The highest BCUT2D eigenvalue weighted by atomic mass is 32.1. The van der Waals surface area contributed by atoms with Crippen LogP contribution in [0.1, 0.15) is 5.69 Å². The molecule has 0 fully saturated rings. The van der Waals surface area contributed by atoms with E-state index in [1.807, 2.05) is 24.4 Å². The first-order valence-corrected chi connectivity index (χ1v) is 8.13. The maximum Gasteiger partial charge on any atom is 0.268 e. The molecule has 0 aliphatic carbocycles. The Morgan fingerprint density at radius 2 is 2.17 bits per heavy atom. The molecule has 7 nitrogen and oxygen atoms in total. The summed E-state index contributed by atoms with van der Waals surface area (Å²) in [7, 11) is 3.28. The maximum atomic E-state index is 12.4. The van der Waals surface area contributed by atoms with Crippen molar-refractivity contribution in [2.75, 3.05) is 14.1 Å². The molecule has 24 heavy (non-hydrogen) atoms. The fourth-order valence-electron chi connectivity index (χ4n) is 2.15. The minimum atomic E-state index is -0.366. The Morgan fingerprint density at radius 3 is 2.75 bits per heavy atom. The van der Waals surface area contributed by atoms with Crippen molar-refractivity contribution >= 4 is 17.2 Å². The Morgan fingerprint density at radius 1 is 1.38 bits per heavy atom. The number of nitrogens with zero attached hydrogens (tertiary/aromatic N) is 4. The Kier molecular flexibility index (Phi) is 4.30. The third kappa shape index (κ3) is 3.13. The molecule has 124 valence electrons. The summed E-state index contributed by atoms with van der Waals surface area (Å²) in [4.78, 5) is 26.6. The van der Waals surface area contributed by atoms with Gasteiger partial charge in [-0.05, 0) is 18.4 Å². The summed E-state index contributed by atoms with van der Waals surface area (Å²) >= 11 is 1.50. The van der Waals surface area contributed by atoms with Crippen LogP contribution in [-0.4, -0.2) is 39.8 Å². The zero-order valence-electron chi connectivity index (χ0n) is 13.5. The first-order valence-electron chi connectivity index (χ1n) is 7.25. The van der Waals surface area contributed by atoms with Crippen LogP contribution in [0.5, 0.6) is 0 Å². The normalized spacial score (nSPS) is 10.8. The summed E-state index contributed by atoms with van der Waals surface area (Å²) in [5.74, 6) is 0.275. The predicted octanol–water partition coefficient (Wildman–Crippen LogP) is 2.02. The molecule has 0 aliphatic heterocycles. The molecule has 0 saturated heterocycles. The molecule has 3 aromatic rings. The Hall–Kier alpha value is -2.74. The molecule has 0 aromatic carbocycles. The minimum absolute atomic E-state index is 0.111. The van der Waals surface area contributed by atoms with Gasteiger partial charge in [0.05, 0.1) is 16.1 Å². The Bertz CT molecular complexity index is 925. The molecule has 0 unspecified atom stereocenters. The van der Waals surface area contributed by atoms with E-state index in [-0.39, 0.29) is 18.0 Å². The third-order valence-corrected chi connectivity index (χ3v) is 4.31. The summed E-state index contributed by atoms with van der Waals surface area (Å²) in [6.45, 7) is 1.70. The van der Waals surface area contributed by atoms with Gasteiger partial charge in [0.15, 0.2) is 5.76 Å². The van der Waals surface area contributed by atoms with Crippen LogP contribution in [0.15, 0.2) is 39.0 Å². The van der Waals surface area contributed by atoms with Gasteiger partial charge in [0.25, 0.3) is 5.56 Å². The van der Waals surface area contributed by atoms with Crippen molar-refractivity contribution in [3.63, 3.8) is 0 Å². The van der Waals surface area contributed by atoms with Crippen molar-refractivity contribution < 1.29 is 9.32 Å². The molecule has 1 amide bonds. The molecule has 3 rings (SSSR count). The van der Waals surface area contributed by atoms with Gasteiger partial charge in [-0.1, -0.05) is 11.2 Å². The van der Waals surface area contributed by atoms with Gasteiger partial charge in [-0.3, -0.25) is 9.59 Å². The van der Waals surface area contributed by atoms with Crippen LogP contribution in [0.25, 0.3) is 21.9 Å². The van der Waals surface area contributed by atoms with Gasteiger partial charge in [0.1, 0.15) is 12.2 Å². The van der Waals surface area contributed by atoms with Crippen molar-refractivity contribution in [2.24, 2.45) is 0 Å². The van der Waals surface area contributed by atoms with Crippen LogP contribution in [0.2, 0.25) is 0 Å². The fourth-order valence-corrected chi connectivity index (χ4v) is 2.87.